The molecule has 106 valence electrons. The Balaban J connectivity index is 2.78. The van der Waals surface area contributed by atoms with Gasteiger partial charge in [0.15, 0.2) is 0 Å². The van der Waals surface area contributed by atoms with Crippen LogP contribution in [-0.4, -0.2) is 34.7 Å². The first kappa shape index (κ1) is 15.6. The summed E-state index contributed by atoms with van der Waals surface area (Å²) in [6.45, 7) is 5.10. The first-order chi connectivity index (χ1) is 8.75. The van der Waals surface area contributed by atoms with Crippen LogP contribution in [0.1, 0.15) is 42.7 Å². The Kier molecular flexibility index (Phi) is 4.99. The molecule has 2 N–H and O–H groups in total. The van der Waals surface area contributed by atoms with E-state index in [2.05, 4.69) is 10.3 Å². The number of carbonyl (C=O) groups is 2. The third-order valence-electron chi connectivity index (χ3n) is 2.38. The zero-order valence-corrected chi connectivity index (χ0v) is 11.9. The fourth-order valence-electron chi connectivity index (χ4n) is 1.32. The van der Waals surface area contributed by atoms with Gasteiger partial charge in [0.25, 0.3) is 5.91 Å². The molecule has 1 heterocycles. The molecule has 0 spiro atoms. The highest BCUT2D eigenvalue weighted by Gasteiger charge is 2.24. The minimum Gasteiger partial charge on any atom is -0.480 e. The number of carboxylic acids is 1. The Morgan fingerprint density at radius 1 is 1.53 bits per heavy atom. The summed E-state index contributed by atoms with van der Waals surface area (Å²) in [5, 5.41) is 13.5. The molecule has 0 radical (unpaired) electrons. The summed E-state index contributed by atoms with van der Waals surface area (Å²) in [5.41, 5.74) is -0.00559. The van der Waals surface area contributed by atoms with Crippen LogP contribution in [0, 0.1) is 0 Å². The van der Waals surface area contributed by atoms with Crippen molar-refractivity contribution in [1.29, 1.82) is 0 Å². The van der Waals surface area contributed by atoms with Crippen LogP contribution in [0.3, 0.4) is 0 Å². The van der Waals surface area contributed by atoms with Crippen molar-refractivity contribution in [2.75, 3.05) is 6.67 Å². The molecule has 1 amide bonds. The Morgan fingerprint density at radius 2 is 2.16 bits per heavy atom. The van der Waals surface area contributed by atoms with Gasteiger partial charge in [0.1, 0.15) is 11.7 Å². The molecule has 0 saturated carbocycles. The van der Waals surface area contributed by atoms with Gasteiger partial charge in [0.2, 0.25) is 0 Å². The van der Waals surface area contributed by atoms with Gasteiger partial charge in [-0.25, -0.2) is 9.78 Å². The van der Waals surface area contributed by atoms with Crippen LogP contribution in [0.25, 0.3) is 0 Å². The highest BCUT2D eigenvalue weighted by Crippen LogP contribution is 2.25. The number of carbonyl (C=O) groups excluding carboxylic acids is 1. The summed E-state index contributed by atoms with van der Waals surface area (Å²) in [4.78, 5) is 26.8. The molecule has 7 heteroatoms. The second kappa shape index (κ2) is 6.10. The molecule has 1 atom stereocenters. The second-order valence-corrected chi connectivity index (χ2v) is 5.99. The molecule has 1 aromatic heterocycles. The fraction of sp³-hybridized carbons (Fsp3) is 0.583. The van der Waals surface area contributed by atoms with Gasteiger partial charge in [-0.1, -0.05) is 20.8 Å². The van der Waals surface area contributed by atoms with E-state index in [4.69, 9.17) is 5.11 Å². The number of rotatable bonds is 5. The fourth-order valence-corrected chi connectivity index (χ4v) is 2.21. The first-order valence-electron chi connectivity index (χ1n) is 5.81. The maximum atomic E-state index is 12.2. The van der Waals surface area contributed by atoms with E-state index in [1.54, 1.807) is 5.38 Å². The summed E-state index contributed by atoms with van der Waals surface area (Å²) in [6, 6.07) is -1.22. The molecule has 5 nitrogen and oxygen atoms in total. The topological polar surface area (TPSA) is 79.3 Å². The van der Waals surface area contributed by atoms with Crippen molar-refractivity contribution >= 4 is 23.2 Å². The third kappa shape index (κ3) is 4.27. The van der Waals surface area contributed by atoms with Crippen LogP contribution in [0.4, 0.5) is 4.39 Å². The molecule has 1 rings (SSSR count). The number of carboxylic acid groups (broad SMARTS) is 1. The highest BCUT2D eigenvalue weighted by atomic mass is 32.1. The van der Waals surface area contributed by atoms with Gasteiger partial charge < -0.3 is 10.4 Å². The summed E-state index contributed by atoms with van der Waals surface area (Å²) in [7, 11) is 0. The number of amides is 1. The van der Waals surface area contributed by atoms with E-state index in [1.807, 2.05) is 20.8 Å². The molecule has 0 bridgehead atoms. The number of halogens is 1. The summed E-state index contributed by atoms with van der Waals surface area (Å²) < 4.78 is 12.2. The van der Waals surface area contributed by atoms with E-state index in [9.17, 15) is 14.0 Å². The van der Waals surface area contributed by atoms with E-state index in [0.29, 0.717) is 0 Å². The molecular formula is C12H17FN2O3S. The van der Waals surface area contributed by atoms with Crippen LogP contribution in [0.2, 0.25) is 0 Å². The van der Waals surface area contributed by atoms with Crippen molar-refractivity contribution in [3.8, 4) is 0 Å². The summed E-state index contributed by atoms with van der Waals surface area (Å²) in [6.07, 6.45) is -0.253. The Labute approximate surface area is 114 Å². The molecule has 0 saturated heterocycles. The van der Waals surface area contributed by atoms with Crippen molar-refractivity contribution in [2.24, 2.45) is 0 Å². The van der Waals surface area contributed by atoms with Crippen molar-refractivity contribution < 1.29 is 19.1 Å². The number of hydrogen-bond donors (Lipinski definition) is 2. The van der Waals surface area contributed by atoms with Crippen LogP contribution in [0.15, 0.2) is 5.38 Å². The molecule has 1 unspecified atom stereocenters. The minimum absolute atomic E-state index is 0.167. The molecule has 19 heavy (non-hydrogen) atoms. The number of aliphatic carboxylic acids is 1. The van der Waals surface area contributed by atoms with Crippen LogP contribution >= 0.6 is 11.3 Å². The third-order valence-corrected chi connectivity index (χ3v) is 3.65. The summed E-state index contributed by atoms with van der Waals surface area (Å²) in [5.74, 6) is -1.84. The maximum absolute atomic E-state index is 12.2. The number of alkyl halides is 1. The number of nitrogens with one attached hydrogen (secondary N) is 1. The van der Waals surface area contributed by atoms with Gasteiger partial charge in [-0.05, 0) is 0 Å². The largest absolute Gasteiger partial charge is 0.480 e. The predicted octanol–water partition coefficient (Wildman–Crippen LogP) is 1.98. The SMILES string of the molecule is CC(C)(C)c1nc(C(=O)NC(CCF)C(=O)O)cs1. The number of nitrogens with zero attached hydrogens (tertiary/aromatic N) is 1. The lowest BCUT2D eigenvalue weighted by molar-refractivity contribution is -0.139. The van der Waals surface area contributed by atoms with E-state index in [0.717, 1.165) is 5.01 Å². The van der Waals surface area contributed by atoms with Crippen molar-refractivity contribution in [2.45, 2.75) is 38.6 Å². The van der Waals surface area contributed by atoms with Gasteiger partial charge in [0, 0.05) is 17.2 Å². The van der Waals surface area contributed by atoms with E-state index in [-0.39, 0.29) is 17.5 Å². The van der Waals surface area contributed by atoms with Gasteiger partial charge in [-0.15, -0.1) is 11.3 Å². The Hall–Kier alpha value is -1.50. The lowest BCUT2D eigenvalue weighted by Crippen LogP contribution is -2.41. The molecule has 0 aliphatic heterocycles. The Morgan fingerprint density at radius 3 is 2.58 bits per heavy atom. The van der Waals surface area contributed by atoms with Gasteiger partial charge in [-0.3, -0.25) is 9.18 Å². The van der Waals surface area contributed by atoms with Crippen molar-refractivity contribution in [3.05, 3.63) is 16.1 Å². The Bertz CT molecular complexity index is 468. The molecule has 0 aliphatic rings. The predicted molar refractivity (Wildman–Crippen MR) is 70.3 cm³/mol. The molecule has 0 fully saturated rings. The normalized spacial score (nSPS) is 13.1. The summed E-state index contributed by atoms with van der Waals surface area (Å²) >= 11 is 1.34. The monoisotopic (exact) mass is 288 g/mol. The van der Waals surface area contributed by atoms with Gasteiger partial charge in [0.05, 0.1) is 11.7 Å². The van der Waals surface area contributed by atoms with E-state index < -0.39 is 24.6 Å². The lowest BCUT2D eigenvalue weighted by atomic mass is 9.98. The minimum atomic E-state index is -1.25. The average molecular weight is 288 g/mol. The van der Waals surface area contributed by atoms with Crippen LogP contribution in [-0.2, 0) is 10.2 Å². The molecule has 1 aromatic rings. The molecule has 0 aliphatic carbocycles. The lowest BCUT2D eigenvalue weighted by Gasteiger charge is -2.14. The van der Waals surface area contributed by atoms with Gasteiger partial charge >= 0.3 is 5.97 Å². The zero-order chi connectivity index (χ0) is 14.6. The number of thiazole rings is 1. The van der Waals surface area contributed by atoms with Gasteiger partial charge in [-0.2, -0.15) is 0 Å². The van der Waals surface area contributed by atoms with E-state index in [1.165, 1.54) is 11.3 Å². The number of hydrogen-bond acceptors (Lipinski definition) is 4. The maximum Gasteiger partial charge on any atom is 0.326 e. The zero-order valence-electron chi connectivity index (χ0n) is 11.1. The average Bonchev–Trinajstić information content (AvgIpc) is 2.76. The number of aromatic nitrogens is 1. The first-order valence-corrected chi connectivity index (χ1v) is 6.69. The van der Waals surface area contributed by atoms with Crippen molar-refractivity contribution in [3.63, 3.8) is 0 Å². The quantitative estimate of drug-likeness (QED) is 0.868. The van der Waals surface area contributed by atoms with Crippen LogP contribution in [0.5, 0.6) is 0 Å². The molecule has 0 aromatic carbocycles. The highest BCUT2D eigenvalue weighted by molar-refractivity contribution is 7.10. The standard InChI is InChI=1S/C12H17FN2O3S/c1-12(2,3)11-15-8(6-19-11)9(16)14-7(4-5-13)10(17)18/h6-7H,4-5H2,1-3H3,(H,14,16)(H,17,18). The van der Waals surface area contributed by atoms with E-state index >= 15 is 0 Å². The van der Waals surface area contributed by atoms with Crippen LogP contribution < -0.4 is 5.32 Å². The second-order valence-electron chi connectivity index (χ2n) is 5.13. The molecular weight excluding hydrogens is 271 g/mol. The smallest absolute Gasteiger partial charge is 0.326 e. The van der Waals surface area contributed by atoms with Crippen molar-refractivity contribution in [1.82, 2.24) is 10.3 Å².